The first-order chi connectivity index (χ1) is 13.6. The van der Waals surface area contributed by atoms with Gasteiger partial charge < -0.3 is 14.0 Å². The van der Waals surface area contributed by atoms with Crippen molar-refractivity contribution in [3.05, 3.63) is 46.8 Å². The van der Waals surface area contributed by atoms with E-state index in [9.17, 15) is 4.79 Å². The van der Waals surface area contributed by atoms with Crippen molar-refractivity contribution in [2.45, 2.75) is 17.9 Å². The summed E-state index contributed by atoms with van der Waals surface area (Å²) in [7, 11) is 3.14. The third-order valence-corrected chi connectivity index (χ3v) is 5.93. The average molecular weight is 413 g/mol. The maximum absolute atomic E-state index is 12.6. The van der Waals surface area contributed by atoms with E-state index >= 15 is 0 Å². The summed E-state index contributed by atoms with van der Waals surface area (Å²) in [5, 5.41) is 0. The number of hydrogen-bond donors (Lipinski definition) is 0. The number of hydrogen-bond acceptors (Lipinski definition) is 5. The Balaban J connectivity index is 1.96. The number of terminal acetylenes is 1. The highest BCUT2D eigenvalue weighted by Gasteiger charge is 2.10. The van der Waals surface area contributed by atoms with Crippen LogP contribution < -0.4 is 14.3 Å². The zero-order chi connectivity index (χ0) is 20.1. The Bertz CT molecular complexity index is 1120. The summed E-state index contributed by atoms with van der Waals surface area (Å²) < 4.78 is 13.5. The van der Waals surface area contributed by atoms with Crippen molar-refractivity contribution in [2.75, 3.05) is 20.5 Å². The quantitative estimate of drug-likeness (QED) is 0.457. The first-order valence-corrected chi connectivity index (χ1v) is 10.5. The molecular formula is C21H20N2O3S2. The fraction of sp³-hybridized carbons (Fsp3) is 0.238. The predicted molar refractivity (Wildman–Crippen MR) is 114 cm³/mol. The van der Waals surface area contributed by atoms with E-state index in [1.807, 2.05) is 29.0 Å². The van der Waals surface area contributed by atoms with Gasteiger partial charge in [-0.3, -0.25) is 4.79 Å². The Labute approximate surface area is 172 Å². The van der Waals surface area contributed by atoms with E-state index in [0.717, 1.165) is 20.7 Å². The van der Waals surface area contributed by atoms with E-state index < -0.39 is 0 Å². The molecule has 1 heterocycles. The van der Waals surface area contributed by atoms with Crippen molar-refractivity contribution < 1.29 is 14.3 Å². The molecule has 0 fully saturated rings. The maximum Gasteiger partial charge on any atom is 0.252 e. The summed E-state index contributed by atoms with van der Waals surface area (Å²) in [4.78, 5) is 18.7. The van der Waals surface area contributed by atoms with E-state index in [-0.39, 0.29) is 12.3 Å². The van der Waals surface area contributed by atoms with Gasteiger partial charge in [-0.15, -0.1) is 18.2 Å². The molecule has 2 aromatic carbocycles. The third-order valence-electron chi connectivity index (χ3n) is 4.16. The molecule has 1 amide bonds. The Hall–Kier alpha value is -2.69. The molecule has 0 N–H and O–H groups in total. The SMILES string of the molecule is C#CCn1c(=NC(=O)Cc2ccc(OC)c(OC)c2)sc2cc(SC)ccc21. The average Bonchev–Trinajstić information content (AvgIpc) is 3.04. The zero-order valence-corrected chi connectivity index (χ0v) is 17.5. The van der Waals surface area contributed by atoms with Crippen LogP contribution in [0.1, 0.15) is 5.56 Å². The molecule has 28 heavy (non-hydrogen) atoms. The second kappa shape index (κ2) is 9.00. The molecule has 3 aromatic rings. The Morgan fingerprint density at radius 3 is 2.68 bits per heavy atom. The lowest BCUT2D eigenvalue weighted by Crippen LogP contribution is -2.17. The largest absolute Gasteiger partial charge is 0.493 e. The number of nitrogens with zero attached hydrogens (tertiary/aromatic N) is 2. The number of ether oxygens (including phenoxy) is 2. The minimum atomic E-state index is -0.241. The van der Waals surface area contributed by atoms with Crippen molar-refractivity contribution in [1.29, 1.82) is 0 Å². The molecule has 0 aliphatic heterocycles. The number of amides is 1. The van der Waals surface area contributed by atoms with E-state index in [4.69, 9.17) is 15.9 Å². The fourth-order valence-corrected chi connectivity index (χ4v) is 4.42. The molecule has 0 saturated carbocycles. The number of methoxy groups -OCH3 is 2. The highest BCUT2D eigenvalue weighted by Crippen LogP contribution is 2.28. The van der Waals surface area contributed by atoms with Crippen LogP contribution in [0, 0.1) is 12.3 Å². The number of fused-ring (bicyclic) bond motifs is 1. The monoisotopic (exact) mass is 412 g/mol. The zero-order valence-electron chi connectivity index (χ0n) is 15.9. The highest BCUT2D eigenvalue weighted by molar-refractivity contribution is 7.98. The molecule has 0 aliphatic carbocycles. The Kier molecular flexibility index (Phi) is 6.45. The summed E-state index contributed by atoms with van der Waals surface area (Å²) in [6.45, 7) is 0.362. The molecule has 0 radical (unpaired) electrons. The van der Waals surface area contributed by atoms with Crippen LogP contribution in [0.15, 0.2) is 46.3 Å². The number of rotatable bonds is 6. The van der Waals surface area contributed by atoms with Gasteiger partial charge in [-0.25, -0.2) is 0 Å². The van der Waals surface area contributed by atoms with Gasteiger partial charge in [0, 0.05) is 4.90 Å². The van der Waals surface area contributed by atoms with Gasteiger partial charge in [0.15, 0.2) is 16.3 Å². The number of benzene rings is 2. The van der Waals surface area contributed by atoms with E-state index in [2.05, 4.69) is 17.0 Å². The fourth-order valence-electron chi connectivity index (χ4n) is 2.82. The Morgan fingerprint density at radius 1 is 1.21 bits per heavy atom. The molecular weight excluding hydrogens is 392 g/mol. The van der Waals surface area contributed by atoms with Crippen LogP contribution >= 0.6 is 23.1 Å². The molecule has 0 atom stereocenters. The number of carbonyl (C=O) groups excluding carboxylic acids is 1. The van der Waals surface area contributed by atoms with Crippen molar-refractivity contribution in [3.63, 3.8) is 0 Å². The number of aromatic nitrogens is 1. The lowest BCUT2D eigenvalue weighted by molar-refractivity contribution is -0.117. The van der Waals surface area contributed by atoms with Gasteiger partial charge in [0.25, 0.3) is 5.91 Å². The summed E-state index contributed by atoms with van der Waals surface area (Å²) in [6, 6.07) is 11.6. The lowest BCUT2D eigenvalue weighted by Gasteiger charge is -2.08. The smallest absolute Gasteiger partial charge is 0.252 e. The van der Waals surface area contributed by atoms with Gasteiger partial charge in [0.2, 0.25) is 0 Å². The maximum atomic E-state index is 12.6. The predicted octanol–water partition coefficient (Wildman–Crippen LogP) is 3.75. The molecule has 0 bridgehead atoms. The van der Waals surface area contributed by atoms with E-state index in [1.165, 1.54) is 11.3 Å². The van der Waals surface area contributed by atoms with E-state index in [0.29, 0.717) is 22.8 Å². The van der Waals surface area contributed by atoms with Gasteiger partial charge >= 0.3 is 0 Å². The van der Waals surface area contributed by atoms with E-state index in [1.54, 1.807) is 38.1 Å². The molecule has 7 heteroatoms. The highest BCUT2D eigenvalue weighted by atomic mass is 32.2. The Morgan fingerprint density at radius 2 is 2.00 bits per heavy atom. The first-order valence-electron chi connectivity index (χ1n) is 8.49. The minimum absolute atomic E-state index is 0.167. The second-order valence-electron chi connectivity index (χ2n) is 5.88. The first kappa shape index (κ1) is 20.1. The molecule has 0 unspecified atom stereocenters. The summed E-state index contributed by atoms with van der Waals surface area (Å²) in [5.41, 5.74) is 1.79. The molecule has 0 spiro atoms. The van der Waals surface area contributed by atoms with Gasteiger partial charge in [0.1, 0.15) is 0 Å². The van der Waals surface area contributed by atoms with Gasteiger partial charge in [-0.1, -0.05) is 23.3 Å². The van der Waals surface area contributed by atoms with Gasteiger partial charge in [0.05, 0.1) is 37.4 Å². The molecule has 3 rings (SSSR count). The van der Waals surface area contributed by atoms with Crippen LogP contribution in [-0.2, 0) is 17.8 Å². The molecule has 144 valence electrons. The van der Waals surface area contributed by atoms with Crippen LogP contribution in [-0.4, -0.2) is 30.9 Å². The molecule has 5 nitrogen and oxygen atoms in total. The number of thioether (sulfide) groups is 1. The standard InChI is InChI=1S/C21H20N2O3S2/c1-5-10-23-16-8-7-15(27-4)13-19(16)28-21(23)22-20(24)12-14-6-9-17(25-2)18(11-14)26-3/h1,6-9,11,13H,10,12H2,2-4H3. The summed E-state index contributed by atoms with van der Waals surface area (Å²) >= 11 is 3.14. The van der Waals surface area contributed by atoms with Crippen molar-refractivity contribution in [1.82, 2.24) is 4.57 Å². The van der Waals surface area contributed by atoms with Crippen LogP contribution in [0.5, 0.6) is 11.5 Å². The second-order valence-corrected chi connectivity index (χ2v) is 7.77. The normalized spacial score (nSPS) is 11.4. The number of carbonyl (C=O) groups is 1. The van der Waals surface area contributed by atoms with Crippen molar-refractivity contribution in [3.8, 4) is 23.8 Å². The lowest BCUT2D eigenvalue weighted by atomic mass is 10.1. The van der Waals surface area contributed by atoms with Crippen LogP contribution in [0.3, 0.4) is 0 Å². The van der Waals surface area contributed by atoms with Crippen LogP contribution in [0.4, 0.5) is 0 Å². The van der Waals surface area contributed by atoms with Crippen molar-refractivity contribution in [2.24, 2.45) is 4.99 Å². The van der Waals surface area contributed by atoms with Gasteiger partial charge in [-0.05, 0) is 42.2 Å². The summed E-state index contributed by atoms with van der Waals surface area (Å²) in [5.74, 6) is 3.61. The summed E-state index contributed by atoms with van der Waals surface area (Å²) in [6.07, 6.45) is 7.72. The molecule has 0 aliphatic rings. The van der Waals surface area contributed by atoms with Gasteiger partial charge in [-0.2, -0.15) is 4.99 Å². The van der Waals surface area contributed by atoms with Crippen LogP contribution in [0.25, 0.3) is 10.2 Å². The third kappa shape index (κ3) is 4.24. The van der Waals surface area contributed by atoms with Crippen LogP contribution in [0.2, 0.25) is 0 Å². The minimum Gasteiger partial charge on any atom is -0.493 e. The topological polar surface area (TPSA) is 52.8 Å². The number of thiazole rings is 1. The molecule has 0 saturated heterocycles. The molecule has 1 aromatic heterocycles. The van der Waals surface area contributed by atoms with Crippen molar-refractivity contribution >= 4 is 39.2 Å².